The summed E-state index contributed by atoms with van der Waals surface area (Å²) in [5, 5.41) is 3.32. The number of alkyl halides is 3. The average Bonchev–Trinajstić information content (AvgIpc) is 2.56. The van der Waals surface area contributed by atoms with Gasteiger partial charge < -0.3 is 10.1 Å². The van der Waals surface area contributed by atoms with Crippen LogP contribution in [0, 0.1) is 5.92 Å². The summed E-state index contributed by atoms with van der Waals surface area (Å²) >= 11 is 3.27. The van der Waals surface area contributed by atoms with Gasteiger partial charge in [-0.2, -0.15) is 13.2 Å². The molecule has 0 amide bonds. The fraction of sp³-hybridized carbons (Fsp3) is 0.647. The predicted octanol–water partition coefficient (Wildman–Crippen LogP) is 3.84. The Balaban J connectivity index is 1.96. The van der Waals surface area contributed by atoms with E-state index in [2.05, 4.69) is 26.1 Å². The zero-order chi connectivity index (χ0) is 17.2. The Morgan fingerprint density at radius 1 is 1.12 bits per heavy atom. The highest BCUT2D eigenvalue weighted by atomic mass is 79.9. The fourth-order valence-corrected chi connectivity index (χ4v) is 4.23. The van der Waals surface area contributed by atoms with E-state index in [9.17, 15) is 13.2 Å². The average molecular weight is 407 g/mol. The van der Waals surface area contributed by atoms with E-state index >= 15 is 0 Å². The van der Waals surface area contributed by atoms with Gasteiger partial charge in [0.1, 0.15) is 0 Å². The van der Waals surface area contributed by atoms with E-state index in [1.54, 1.807) is 0 Å². The van der Waals surface area contributed by atoms with Crippen LogP contribution in [0.2, 0.25) is 0 Å². The van der Waals surface area contributed by atoms with Crippen LogP contribution < -0.4 is 5.32 Å². The van der Waals surface area contributed by atoms with Crippen molar-refractivity contribution in [2.45, 2.75) is 25.1 Å². The molecule has 1 atom stereocenters. The second kappa shape index (κ2) is 7.72. The van der Waals surface area contributed by atoms with Gasteiger partial charge in [0.15, 0.2) is 0 Å². The summed E-state index contributed by atoms with van der Waals surface area (Å²) in [7, 11) is 0. The van der Waals surface area contributed by atoms with Gasteiger partial charge in [-0.15, -0.1) is 0 Å². The molecule has 0 bridgehead atoms. The molecule has 1 N–H and O–H groups in total. The fourth-order valence-electron chi connectivity index (χ4n) is 3.72. The highest BCUT2D eigenvalue weighted by molar-refractivity contribution is 9.10. The number of hydrogen-bond acceptors (Lipinski definition) is 3. The lowest BCUT2D eigenvalue weighted by Gasteiger charge is -2.41. The molecule has 0 radical (unpaired) electrons. The molecule has 0 unspecified atom stereocenters. The third-order valence-electron chi connectivity index (χ3n) is 4.85. The number of ether oxygens (including phenoxy) is 1. The first-order valence-electron chi connectivity index (χ1n) is 8.35. The van der Waals surface area contributed by atoms with Crippen LogP contribution in [-0.2, 0) is 10.9 Å². The third kappa shape index (κ3) is 4.31. The number of halogens is 4. The lowest BCUT2D eigenvalue weighted by molar-refractivity contribution is -0.137. The van der Waals surface area contributed by atoms with Gasteiger partial charge in [0, 0.05) is 49.9 Å². The maximum atomic E-state index is 13.2. The largest absolute Gasteiger partial charge is 0.416 e. The lowest BCUT2D eigenvalue weighted by Crippen LogP contribution is -2.47. The van der Waals surface area contributed by atoms with Crippen molar-refractivity contribution in [3.05, 3.63) is 33.8 Å². The second-order valence-corrected chi connectivity index (χ2v) is 7.37. The highest BCUT2D eigenvalue weighted by Crippen LogP contribution is 2.39. The Hall–Kier alpha value is -0.630. The van der Waals surface area contributed by atoms with Crippen molar-refractivity contribution in [3.8, 4) is 0 Å². The summed E-state index contributed by atoms with van der Waals surface area (Å²) in [5.74, 6) is 0.326. The van der Waals surface area contributed by atoms with Gasteiger partial charge in [0.05, 0.1) is 5.56 Å². The molecule has 2 aliphatic heterocycles. The molecule has 2 saturated heterocycles. The Kier molecular flexibility index (Phi) is 5.85. The molecule has 2 heterocycles. The van der Waals surface area contributed by atoms with Crippen molar-refractivity contribution in [2.24, 2.45) is 5.92 Å². The van der Waals surface area contributed by atoms with Crippen LogP contribution >= 0.6 is 15.9 Å². The molecule has 0 saturated carbocycles. The zero-order valence-corrected chi connectivity index (χ0v) is 15.0. The molecule has 134 valence electrons. The van der Waals surface area contributed by atoms with Crippen LogP contribution in [-0.4, -0.2) is 44.3 Å². The third-order valence-corrected chi connectivity index (χ3v) is 5.30. The first-order chi connectivity index (χ1) is 11.4. The number of hydrogen-bond donors (Lipinski definition) is 1. The Morgan fingerprint density at radius 3 is 2.42 bits per heavy atom. The molecule has 3 nitrogen and oxygen atoms in total. The van der Waals surface area contributed by atoms with Crippen LogP contribution in [0.1, 0.15) is 30.0 Å². The number of benzene rings is 1. The first kappa shape index (κ1) is 18.2. The van der Waals surface area contributed by atoms with Crippen molar-refractivity contribution in [1.82, 2.24) is 10.2 Å². The molecule has 24 heavy (non-hydrogen) atoms. The maximum absolute atomic E-state index is 13.2. The summed E-state index contributed by atoms with van der Waals surface area (Å²) in [6, 6.07) is 4.33. The number of rotatable bonds is 3. The summed E-state index contributed by atoms with van der Waals surface area (Å²) in [4.78, 5) is 2.33. The minimum atomic E-state index is -4.33. The number of nitrogens with zero attached hydrogens (tertiary/aromatic N) is 1. The molecule has 7 heteroatoms. The normalized spacial score (nSPS) is 22.5. The minimum Gasteiger partial charge on any atom is -0.381 e. The Bertz CT molecular complexity index is 537. The van der Waals surface area contributed by atoms with E-state index in [-0.39, 0.29) is 6.04 Å². The topological polar surface area (TPSA) is 24.5 Å². The quantitative estimate of drug-likeness (QED) is 0.824. The SMILES string of the molecule is FC(F)(F)c1cc(Br)cc([C@@H](C2CCOCC2)N2CCNCC2)c1. The van der Waals surface area contributed by atoms with Gasteiger partial charge in [0.25, 0.3) is 0 Å². The highest BCUT2D eigenvalue weighted by Gasteiger charge is 2.35. The molecule has 1 aromatic carbocycles. The van der Waals surface area contributed by atoms with Crippen molar-refractivity contribution in [2.75, 3.05) is 39.4 Å². The second-order valence-electron chi connectivity index (χ2n) is 6.45. The van der Waals surface area contributed by atoms with E-state index in [1.807, 2.05) is 6.07 Å². The number of nitrogens with one attached hydrogen (secondary N) is 1. The van der Waals surface area contributed by atoms with Gasteiger partial charge in [0.2, 0.25) is 0 Å². The van der Waals surface area contributed by atoms with Crippen molar-refractivity contribution in [1.29, 1.82) is 0 Å². The summed E-state index contributed by atoms with van der Waals surface area (Å²) in [5.41, 5.74) is 0.171. The molecule has 3 rings (SSSR count). The van der Waals surface area contributed by atoms with Gasteiger partial charge in [-0.3, -0.25) is 4.90 Å². The summed E-state index contributed by atoms with van der Waals surface area (Å²) in [6.45, 7) is 4.84. The van der Waals surface area contributed by atoms with Crippen LogP contribution in [0.25, 0.3) is 0 Å². The van der Waals surface area contributed by atoms with Crippen LogP contribution in [0.3, 0.4) is 0 Å². The van der Waals surface area contributed by atoms with Crippen molar-refractivity contribution in [3.63, 3.8) is 0 Å². The molecule has 2 fully saturated rings. The minimum absolute atomic E-state index is 0.00889. The summed E-state index contributed by atoms with van der Waals surface area (Å²) in [6.07, 6.45) is -2.55. The van der Waals surface area contributed by atoms with Crippen LogP contribution in [0.5, 0.6) is 0 Å². The van der Waals surface area contributed by atoms with Gasteiger partial charge in [-0.1, -0.05) is 15.9 Å². The zero-order valence-electron chi connectivity index (χ0n) is 13.4. The van der Waals surface area contributed by atoms with E-state index < -0.39 is 11.7 Å². The van der Waals surface area contributed by atoms with Crippen LogP contribution in [0.4, 0.5) is 13.2 Å². The van der Waals surface area contributed by atoms with E-state index in [4.69, 9.17) is 4.74 Å². The lowest BCUT2D eigenvalue weighted by atomic mass is 9.85. The molecule has 1 aromatic rings. The molecule has 0 spiro atoms. The molecule has 0 aliphatic carbocycles. The van der Waals surface area contributed by atoms with Crippen LogP contribution in [0.15, 0.2) is 22.7 Å². The Morgan fingerprint density at radius 2 is 1.79 bits per heavy atom. The molecule has 2 aliphatic rings. The Labute approximate surface area is 148 Å². The standard InChI is InChI=1S/C17H22BrF3N2O/c18-15-10-13(9-14(11-15)17(19,20)21)16(12-1-7-24-8-2-12)23-5-3-22-4-6-23/h9-12,16,22H,1-8H2/t16-/m1/s1. The predicted molar refractivity (Wildman–Crippen MR) is 89.9 cm³/mol. The van der Waals surface area contributed by atoms with Gasteiger partial charge in [-0.25, -0.2) is 0 Å². The van der Waals surface area contributed by atoms with Gasteiger partial charge in [-0.05, 0) is 42.5 Å². The van der Waals surface area contributed by atoms with Crippen molar-refractivity contribution < 1.29 is 17.9 Å². The smallest absolute Gasteiger partial charge is 0.381 e. The number of piperazine rings is 1. The van der Waals surface area contributed by atoms with E-state index in [0.29, 0.717) is 23.6 Å². The summed E-state index contributed by atoms with van der Waals surface area (Å²) < 4.78 is 45.6. The molecule has 0 aromatic heterocycles. The molecular weight excluding hydrogens is 385 g/mol. The van der Waals surface area contributed by atoms with Gasteiger partial charge >= 0.3 is 6.18 Å². The van der Waals surface area contributed by atoms with E-state index in [1.165, 1.54) is 6.07 Å². The monoisotopic (exact) mass is 406 g/mol. The van der Waals surface area contributed by atoms with E-state index in [0.717, 1.165) is 50.7 Å². The van der Waals surface area contributed by atoms with Crippen molar-refractivity contribution >= 4 is 15.9 Å². The maximum Gasteiger partial charge on any atom is 0.416 e. The molecular formula is C17H22BrF3N2O. The first-order valence-corrected chi connectivity index (χ1v) is 9.14.